The Morgan fingerprint density at radius 2 is 2.56 bits per heavy atom. The van der Waals surface area contributed by atoms with Gasteiger partial charge in [0.2, 0.25) is 0 Å². The molecule has 4 N–H and O–H groups in total. The van der Waals surface area contributed by atoms with E-state index in [1.807, 2.05) is 0 Å². The first kappa shape index (κ1) is 9.76. The Morgan fingerprint density at radius 3 is 3.12 bits per heavy atom. The highest BCUT2D eigenvalue weighted by molar-refractivity contribution is 5.23. The molecule has 3 atom stereocenters. The minimum Gasteiger partial charge on any atom is -0.394 e. The zero-order chi connectivity index (χ0) is 12.6. The molecule has 88 valence electrons. The fourth-order valence-electron chi connectivity index (χ4n) is 1.65. The van der Waals surface area contributed by atoms with E-state index < -0.39 is 24.1 Å². The van der Waals surface area contributed by atoms with Crippen molar-refractivity contribution in [3.8, 4) is 0 Å². The van der Waals surface area contributed by atoms with Crippen LogP contribution < -0.4 is 11.4 Å². The summed E-state index contributed by atoms with van der Waals surface area (Å²) in [7, 11) is 0. The number of aliphatic hydroxyl groups is 2. The molecule has 1 saturated heterocycles. The van der Waals surface area contributed by atoms with Crippen LogP contribution in [0.25, 0.3) is 0 Å². The van der Waals surface area contributed by atoms with Gasteiger partial charge in [0, 0.05) is 12.6 Å². The lowest BCUT2D eigenvalue weighted by molar-refractivity contribution is -0.0529. The first-order valence-electron chi connectivity index (χ1n) is 5.33. The molecule has 0 radical (unpaired) electrons. The van der Waals surface area contributed by atoms with E-state index in [2.05, 4.69) is 4.98 Å². The van der Waals surface area contributed by atoms with E-state index in [9.17, 15) is 9.90 Å². The van der Waals surface area contributed by atoms with Gasteiger partial charge in [0.1, 0.15) is 11.9 Å². The molecule has 1 aliphatic heterocycles. The molecular weight excluding hydrogens is 214 g/mol. The largest absolute Gasteiger partial charge is 0.394 e. The average Bonchev–Trinajstić information content (AvgIpc) is 2.59. The van der Waals surface area contributed by atoms with Gasteiger partial charge in [0.25, 0.3) is 0 Å². The number of ether oxygens (including phenoxy) is 1. The molecule has 0 spiro atoms. The maximum atomic E-state index is 11.6. The molecule has 2 heterocycles. The lowest BCUT2D eigenvalue weighted by atomic mass is 10.2. The Balaban J connectivity index is 2.38. The van der Waals surface area contributed by atoms with Crippen molar-refractivity contribution in [1.82, 2.24) is 9.55 Å². The van der Waals surface area contributed by atoms with E-state index in [0.29, 0.717) is 0 Å². The quantitative estimate of drug-likeness (QED) is 0.566. The van der Waals surface area contributed by atoms with E-state index in [4.69, 9.17) is 16.9 Å². The maximum Gasteiger partial charge on any atom is 0.351 e. The highest BCUT2D eigenvalue weighted by Gasteiger charge is 2.35. The molecule has 0 aromatic carbocycles. The molecule has 0 unspecified atom stereocenters. The SMILES string of the molecule is [2H]c1cc(N)nc(=O)n1[C@@H]1O[C@H](CO)C[C@H]1O. The average molecular weight is 228 g/mol. The third kappa shape index (κ3) is 1.92. The second kappa shape index (κ2) is 4.20. The molecule has 7 nitrogen and oxygen atoms in total. The molecule has 1 fully saturated rings. The molecule has 0 aliphatic carbocycles. The van der Waals surface area contributed by atoms with Crippen LogP contribution >= 0.6 is 0 Å². The summed E-state index contributed by atoms with van der Waals surface area (Å²) in [6, 6.07) is 1.20. The number of hydrogen-bond donors (Lipinski definition) is 3. The third-order valence-corrected chi connectivity index (χ3v) is 2.41. The first-order valence-corrected chi connectivity index (χ1v) is 4.83. The van der Waals surface area contributed by atoms with E-state index in [-0.39, 0.29) is 25.0 Å². The monoisotopic (exact) mass is 228 g/mol. The predicted molar refractivity (Wildman–Crippen MR) is 54.5 cm³/mol. The van der Waals surface area contributed by atoms with Crippen LogP contribution in [0.5, 0.6) is 0 Å². The molecule has 0 saturated carbocycles. The van der Waals surface area contributed by atoms with Crippen LogP contribution in [0.15, 0.2) is 17.0 Å². The summed E-state index contributed by atoms with van der Waals surface area (Å²) in [6.07, 6.45) is -2.49. The number of nitrogen functional groups attached to an aromatic ring is 1. The molecule has 0 amide bonds. The van der Waals surface area contributed by atoms with Crippen molar-refractivity contribution in [3.05, 3.63) is 22.7 Å². The van der Waals surface area contributed by atoms with Gasteiger partial charge in [0.05, 0.1) is 14.1 Å². The van der Waals surface area contributed by atoms with Gasteiger partial charge in [-0.05, 0) is 6.07 Å². The summed E-state index contributed by atoms with van der Waals surface area (Å²) in [5.74, 6) is -0.0533. The number of aromatic nitrogens is 2. The minimum absolute atomic E-state index is 0.0533. The number of rotatable bonds is 2. The van der Waals surface area contributed by atoms with Crippen LogP contribution in [0, 0.1) is 0 Å². The summed E-state index contributed by atoms with van der Waals surface area (Å²) in [5, 5.41) is 18.6. The summed E-state index contributed by atoms with van der Waals surface area (Å²) >= 11 is 0. The molecule has 1 aromatic heterocycles. The Morgan fingerprint density at radius 1 is 1.81 bits per heavy atom. The smallest absolute Gasteiger partial charge is 0.351 e. The number of anilines is 1. The summed E-state index contributed by atoms with van der Waals surface area (Å²) < 4.78 is 13.8. The molecule has 7 heteroatoms. The summed E-state index contributed by atoms with van der Waals surface area (Å²) in [4.78, 5) is 15.1. The Bertz CT molecular complexity index is 478. The molecule has 1 aromatic rings. The van der Waals surface area contributed by atoms with Gasteiger partial charge in [-0.3, -0.25) is 4.57 Å². The number of hydrogen-bond acceptors (Lipinski definition) is 6. The highest BCUT2D eigenvalue weighted by atomic mass is 16.5. The highest BCUT2D eigenvalue weighted by Crippen LogP contribution is 2.27. The van der Waals surface area contributed by atoms with E-state index in [1.54, 1.807) is 0 Å². The zero-order valence-electron chi connectivity index (χ0n) is 9.41. The van der Waals surface area contributed by atoms with Crippen molar-refractivity contribution in [1.29, 1.82) is 0 Å². The number of nitrogens with two attached hydrogens (primary N) is 1. The predicted octanol–water partition coefficient (Wildman–Crippen LogP) is -1.53. The third-order valence-electron chi connectivity index (χ3n) is 2.41. The van der Waals surface area contributed by atoms with Crippen molar-refractivity contribution in [2.45, 2.75) is 24.9 Å². The van der Waals surface area contributed by atoms with Crippen molar-refractivity contribution in [3.63, 3.8) is 0 Å². The summed E-state index contributed by atoms with van der Waals surface area (Å²) in [6.45, 7) is -0.252. The minimum atomic E-state index is -1.000. The van der Waals surface area contributed by atoms with Crippen molar-refractivity contribution in [2.75, 3.05) is 12.3 Å². The van der Waals surface area contributed by atoms with Crippen molar-refractivity contribution in [2.24, 2.45) is 0 Å². The van der Waals surface area contributed by atoms with Crippen LogP contribution in [-0.2, 0) is 4.74 Å². The van der Waals surface area contributed by atoms with Crippen molar-refractivity contribution < 1.29 is 16.3 Å². The lowest BCUT2D eigenvalue weighted by Crippen LogP contribution is -2.31. The van der Waals surface area contributed by atoms with Crippen molar-refractivity contribution >= 4 is 5.82 Å². The van der Waals surface area contributed by atoms with Gasteiger partial charge in [-0.2, -0.15) is 4.98 Å². The molecule has 0 bridgehead atoms. The van der Waals surface area contributed by atoms with Gasteiger partial charge in [-0.15, -0.1) is 0 Å². The Labute approximate surface area is 92.5 Å². The molecule has 2 rings (SSSR count). The van der Waals surface area contributed by atoms with Crippen LogP contribution in [0.2, 0.25) is 0 Å². The van der Waals surface area contributed by atoms with Crippen LogP contribution in [0.3, 0.4) is 0 Å². The van der Waals surface area contributed by atoms with Gasteiger partial charge < -0.3 is 20.7 Å². The van der Waals surface area contributed by atoms with Crippen LogP contribution in [-0.4, -0.2) is 38.6 Å². The Hall–Kier alpha value is -1.44. The zero-order valence-corrected chi connectivity index (χ0v) is 8.41. The van der Waals surface area contributed by atoms with Gasteiger partial charge in [-0.25, -0.2) is 4.79 Å². The number of aliphatic hydroxyl groups excluding tert-OH is 2. The van der Waals surface area contributed by atoms with Gasteiger partial charge >= 0.3 is 5.69 Å². The summed E-state index contributed by atoms with van der Waals surface area (Å²) in [5.41, 5.74) is 4.58. The lowest BCUT2D eigenvalue weighted by Gasteiger charge is -2.16. The molecule has 1 aliphatic rings. The second-order valence-corrected chi connectivity index (χ2v) is 3.60. The fourth-order valence-corrected chi connectivity index (χ4v) is 1.65. The maximum absolute atomic E-state index is 11.6. The van der Waals surface area contributed by atoms with E-state index >= 15 is 0 Å². The fraction of sp³-hybridized carbons (Fsp3) is 0.556. The molecule has 16 heavy (non-hydrogen) atoms. The Kier molecular flexibility index (Phi) is 2.56. The normalized spacial score (nSPS) is 30.4. The first-order chi connectivity index (χ1) is 8.02. The molecular formula is C9H13N3O4. The van der Waals surface area contributed by atoms with Crippen LogP contribution in [0.4, 0.5) is 5.82 Å². The van der Waals surface area contributed by atoms with Crippen LogP contribution in [0.1, 0.15) is 14.0 Å². The second-order valence-electron chi connectivity index (χ2n) is 3.60. The van der Waals surface area contributed by atoms with Gasteiger partial charge in [0.15, 0.2) is 6.23 Å². The van der Waals surface area contributed by atoms with Gasteiger partial charge in [-0.1, -0.05) is 0 Å². The van der Waals surface area contributed by atoms with E-state index in [0.717, 1.165) is 4.57 Å². The topological polar surface area (TPSA) is 111 Å². The standard InChI is InChI=1S/C9H13N3O4/c10-7-1-2-12(9(15)11-7)8-6(14)3-5(4-13)16-8/h1-2,5-6,8,13-14H,3-4H2,(H2,10,11,15)/t5-,6+,8+/m0/s1/i2D. The number of nitrogens with zero attached hydrogens (tertiary/aromatic N) is 2. The van der Waals surface area contributed by atoms with E-state index in [1.165, 1.54) is 6.07 Å².